The molecule has 26 heavy (non-hydrogen) atoms. The zero-order valence-electron chi connectivity index (χ0n) is 14.5. The molecular formula is C22H19N3O. The van der Waals surface area contributed by atoms with Gasteiger partial charge in [-0.25, -0.2) is 5.01 Å². The predicted molar refractivity (Wildman–Crippen MR) is 101 cm³/mol. The van der Waals surface area contributed by atoms with Crippen LogP contribution in [-0.4, -0.2) is 15.7 Å². The molecule has 0 spiro atoms. The van der Waals surface area contributed by atoms with Gasteiger partial charge in [-0.3, -0.25) is 4.98 Å². The summed E-state index contributed by atoms with van der Waals surface area (Å²) in [4.78, 5) is 4.12. The summed E-state index contributed by atoms with van der Waals surface area (Å²) in [5.41, 5.74) is 5.76. The van der Waals surface area contributed by atoms with E-state index in [9.17, 15) is 0 Å². The molecule has 2 aromatic carbocycles. The van der Waals surface area contributed by atoms with E-state index in [2.05, 4.69) is 59.4 Å². The van der Waals surface area contributed by atoms with Crippen molar-refractivity contribution in [1.82, 2.24) is 9.99 Å². The van der Waals surface area contributed by atoms with Crippen LogP contribution in [0.15, 0.2) is 78.2 Å². The van der Waals surface area contributed by atoms with E-state index in [0.29, 0.717) is 0 Å². The van der Waals surface area contributed by atoms with Crippen molar-refractivity contribution in [2.24, 2.45) is 5.10 Å². The molecule has 0 N–H and O–H groups in total. The average molecular weight is 341 g/mol. The first-order valence-corrected chi connectivity index (χ1v) is 8.88. The van der Waals surface area contributed by atoms with Crippen molar-refractivity contribution >= 4 is 5.71 Å². The number of hydrogen-bond donors (Lipinski definition) is 0. The highest BCUT2D eigenvalue weighted by molar-refractivity contribution is 6.01. The fourth-order valence-corrected chi connectivity index (χ4v) is 3.70. The number of para-hydroxylation sites is 1. The van der Waals surface area contributed by atoms with Crippen LogP contribution in [0.25, 0.3) is 0 Å². The van der Waals surface area contributed by atoms with Gasteiger partial charge >= 0.3 is 0 Å². The second-order valence-electron chi connectivity index (χ2n) is 6.80. The van der Waals surface area contributed by atoms with Crippen molar-refractivity contribution in [2.75, 3.05) is 0 Å². The molecule has 1 aromatic heterocycles. The van der Waals surface area contributed by atoms with Crippen molar-refractivity contribution in [3.05, 3.63) is 95.3 Å². The van der Waals surface area contributed by atoms with Gasteiger partial charge in [-0.1, -0.05) is 48.0 Å². The molecule has 2 aliphatic heterocycles. The molecule has 128 valence electrons. The summed E-state index contributed by atoms with van der Waals surface area (Å²) in [7, 11) is 0. The summed E-state index contributed by atoms with van der Waals surface area (Å²) in [6.45, 7) is 2.10. The summed E-state index contributed by atoms with van der Waals surface area (Å²) < 4.78 is 6.36. The van der Waals surface area contributed by atoms with Crippen LogP contribution in [-0.2, 0) is 0 Å². The number of ether oxygens (including phenoxy) is 1. The number of hydrazone groups is 1. The van der Waals surface area contributed by atoms with E-state index in [-0.39, 0.29) is 12.3 Å². The molecule has 3 heterocycles. The highest BCUT2D eigenvalue weighted by Gasteiger charge is 2.40. The summed E-state index contributed by atoms with van der Waals surface area (Å²) in [5.74, 6) is 0.950. The van der Waals surface area contributed by atoms with E-state index in [1.165, 1.54) is 11.1 Å². The molecule has 0 fully saturated rings. The zero-order valence-corrected chi connectivity index (χ0v) is 14.5. The van der Waals surface area contributed by atoms with Crippen LogP contribution in [0.2, 0.25) is 0 Å². The third-order valence-electron chi connectivity index (χ3n) is 5.08. The summed E-state index contributed by atoms with van der Waals surface area (Å²) >= 11 is 0. The van der Waals surface area contributed by atoms with Gasteiger partial charge in [0, 0.05) is 35.5 Å². The lowest BCUT2D eigenvalue weighted by atomic mass is 9.96. The largest absolute Gasteiger partial charge is 0.464 e. The molecule has 0 amide bonds. The van der Waals surface area contributed by atoms with E-state index >= 15 is 0 Å². The van der Waals surface area contributed by atoms with E-state index in [4.69, 9.17) is 9.84 Å². The van der Waals surface area contributed by atoms with Crippen molar-refractivity contribution in [1.29, 1.82) is 0 Å². The van der Waals surface area contributed by atoms with Crippen LogP contribution in [0.3, 0.4) is 0 Å². The number of hydrogen-bond acceptors (Lipinski definition) is 4. The Morgan fingerprint density at radius 1 is 0.962 bits per heavy atom. The number of nitrogens with zero attached hydrogens (tertiary/aromatic N) is 3. The van der Waals surface area contributed by atoms with Gasteiger partial charge in [0.05, 0.1) is 11.8 Å². The molecule has 0 saturated carbocycles. The number of aromatic nitrogens is 1. The second kappa shape index (κ2) is 5.99. The van der Waals surface area contributed by atoms with Crippen molar-refractivity contribution in [3.8, 4) is 5.75 Å². The summed E-state index contributed by atoms with van der Waals surface area (Å²) in [6.07, 6.45) is 4.29. The Morgan fingerprint density at radius 3 is 2.54 bits per heavy atom. The van der Waals surface area contributed by atoms with Gasteiger partial charge in [0.1, 0.15) is 5.75 Å². The molecule has 0 bridgehead atoms. The number of pyridine rings is 1. The van der Waals surface area contributed by atoms with Crippen LogP contribution in [0.5, 0.6) is 5.75 Å². The minimum Gasteiger partial charge on any atom is -0.464 e. The van der Waals surface area contributed by atoms with Gasteiger partial charge in [0.25, 0.3) is 0 Å². The smallest absolute Gasteiger partial charge is 0.213 e. The quantitative estimate of drug-likeness (QED) is 0.682. The summed E-state index contributed by atoms with van der Waals surface area (Å²) in [6, 6.07) is 21.0. The maximum absolute atomic E-state index is 6.36. The van der Waals surface area contributed by atoms with Crippen LogP contribution < -0.4 is 4.74 Å². The van der Waals surface area contributed by atoms with Gasteiger partial charge in [-0.05, 0) is 25.1 Å². The highest BCUT2D eigenvalue weighted by atomic mass is 16.5. The Bertz CT molecular complexity index is 966. The fourth-order valence-electron chi connectivity index (χ4n) is 3.70. The molecule has 3 aromatic rings. The second-order valence-corrected chi connectivity index (χ2v) is 6.80. The molecule has 2 aliphatic rings. The van der Waals surface area contributed by atoms with Gasteiger partial charge in [-0.2, -0.15) is 5.10 Å². The normalized spacial score (nSPS) is 20.8. The lowest BCUT2D eigenvalue weighted by Crippen LogP contribution is -2.33. The fraction of sp³-hybridized carbons (Fsp3) is 0.182. The standard InChI is InChI=1S/C22H19N3O/c1-15-6-8-17(9-7-15)22-25-20(18-4-2-3-5-21(18)26-22)14-19(24-25)16-10-12-23-13-11-16/h2-13,20,22H,14H2,1H3. The maximum atomic E-state index is 6.36. The molecule has 4 heteroatoms. The molecule has 0 radical (unpaired) electrons. The molecule has 0 aliphatic carbocycles. The van der Waals surface area contributed by atoms with Crippen LogP contribution in [0, 0.1) is 6.92 Å². The number of rotatable bonds is 2. The van der Waals surface area contributed by atoms with Crippen molar-refractivity contribution in [3.63, 3.8) is 0 Å². The maximum Gasteiger partial charge on any atom is 0.213 e. The SMILES string of the molecule is Cc1ccc(C2Oc3ccccc3C3CC(c4ccncc4)=NN32)cc1. The Hall–Kier alpha value is -3.14. The number of aryl methyl sites for hydroxylation is 1. The van der Waals surface area contributed by atoms with E-state index in [1.54, 1.807) is 0 Å². The molecule has 4 nitrogen and oxygen atoms in total. The van der Waals surface area contributed by atoms with E-state index in [1.807, 2.05) is 30.6 Å². The summed E-state index contributed by atoms with van der Waals surface area (Å²) in [5, 5.41) is 7.07. The van der Waals surface area contributed by atoms with Gasteiger partial charge in [0.2, 0.25) is 6.23 Å². The number of fused-ring (bicyclic) bond motifs is 3. The number of benzene rings is 2. The van der Waals surface area contributed by atoms with Crippen LogP contribution in [0.4, 0.5) is 0 Å². The van der Waals surface area contributed by atoms with E-state index in [0.717, 1.165) is 29.0 Å². The predicted octanol–water partition coefficient (Wildman–Crippen LogP) is 4.63. The Labute approximate surface area is 152 Å². The average Bonchev–Trinajstić information content (AvgIpc) is 3.14. The molecule has 2 atom stereocenters. The van der Waals surface area contributed by atoms with Gasteiger partial charge < -0.3 is 4.74 Å². The Morgan fingerprint density at radius 2 is 1.73 bits per heavy atom. The van der Waals surface area contributed by atoms with Crippen LogP contribution in [0.1, 0.15) is 40.9 Å². The molecule has 2 unspecified atom stereocenters. The monoisotopic (exact) mass is 341 g/mol. The van der Waals surface area contributed by atoms with Crippen molar-refractivity contribution in [2.45, 2.75) is 25.6 Å². The lowest BCUT2D eigenvalue weighted by molar-refractivity contribution is -0.0190. The van der Waals surface area contributed by atoms with Gasteiger partial charge in [0.15, 0.2) is 0 Å². The Kier molecular flexibility index (Phi) is 3.49. The first kappa shape index (κ1) is 15.1. The Balaban J connectivity index is 1.60. The highest BCUT2D eigenvalue weighted by Crippen LogP contribution is 2.47. The molecule has 0 saturated heterocycles. The third kappa shape index (κ3) is 2.46. The topological polar surface area (TPSA) is 37.7 Å². The molecule has 5 rings (SSSR count). The third-order valence-corrected chi connectivity index (χ3v) is 5.08. The first-order valence-electron chi connectivity index (χ1n) is 8.88. The van der Waals surface area contributed by atoms with Crippen LogP contribution >= 0.6 is 0 Å². The minimum atomic E-state index is -0.213. The lowest BCUT2D eigenvalue weighted by Gasteiger charge is -2.38. The zero-order chi connectivity index (χ0) is 17.5. The van der Waals surface area contributed by atoms with E-state index < -0.39 is 0 Å². The van der Waals surface area contributed by atoms with Crippen molar-refractivity contribution < 1.29 is 4.74 Å². The first-order chi connectivity index (χ1) is 12.8. The minimum absolute atomic E-state index is 0.189. The van der Waals surface area contributed by atoms with Gasteiger partial charge in [-0.15, -0.1) is 0 Å². The molecular weight excluding hydrogens is 322 g/mol.